The molecule has 0 saturated carbocycles. The average Bonchev–Trinajstić information content (AvgIpc) is 2.86. The van der Waals surface area contributed by atoms with E-state index >= 15 is 0 Å². The number of aromatic nitrogens is 1. The molecule has 0 aliphatic carbocycles. The van der Waals surface area contributed by atoms with Crippen LogP contribution in [0, 0.1) is 11.3 Å². The highest BCUT2D eigenvalue weighted by Crippen LogP contribution is 2.21. The first-order chi connectivity index (χ1) is 9.15. The van der Waals surface area contributed by atoms with Gasteiger partial charge in [0.15, 0.2) is 0 Å². The smallest absolute Gasteiger partial charge is 0.270 e. The van der Waals surface area contributed by atoms with Crippen LogP contribution in [-0.2, 0) is 0 Å². The molecule has 0 aliphatic heterocycles. The number of methoxy groups -OCH3 is 1. The van der Waals surface area contributed by atoms with Crippen LogP contribution in [0.5, 0.6) is 5.75 Å². The Labute approximate surface area is 111 Å². The van der Waals surface area contributed by atoms with Crippen molar-refractivity contribution >= 4 is 16.8 Å². The number of hydrogen-bond acceptors (Lipinski definition) is 3. The van der Waals surface area contributed by atoms with E-state index in [0.29, 0.717) is 18.7 Å². The quantitative estimate of drug-likeness (QED) is 0.912. The van der Waals surface area contributed by atoms with Gasteiger partial charge in [-0.2, -0.15) is 5.26 Å². The topological polar surface area (TPSA) is 69.1 Å². The van der Waals surface area contributed by atoms with E-state index in [1.165, 1.54) is 4.90 Å². The van der Waals surface area contributed by atoms with Crippen molar-refractivity contribution in [3.05, 3.63) is 30.0 Å². The lowest BCUT2D eigenvalue weighted by molar-refractivity contribution is 0.0793. The molecule has 0 saturated heterocycles. The van der Waals surface area contributed by atoms with Crippen LogP contribution in [-0.4, -0.2) is 36.5 Å². The molecule has 1 N–H and O–H groups in total. The molecule has 98 valence electrons. The third-order valence-corrected chi connectivity index (χ3v) is 2.97. The Hall–Kier alpha value is -2.48. The highest BCUT2D eigenvalue weighted by atomic mass is 16.5. The summed E-state index contributed by atoms with van der Waals surface area (Å²) >= 11 is 0. The molecule has 5 nitrogen and oxygen atoms in total. The van der Waals surface area contributed by atoms with Gasteiger partial charge in [0.25, 0.3) is 5.91 Å². The molecule has 0 fully saturated rings. The number of nitrogens with one attached hydrogen (secondary N) is 1. The first-order valence-corrected chi connectivity index (χ1v) is 5.95. The van der Waals surface area contributed by atoms with Crippen LogP contribution in [0.1, 0.15) is 16.9 Å². The van der Waals surface area contributed by atoms with E-state index in [1.807, 2.05) is 24.3 Å². The maximum Gasteiger partial charge on any atom is 0.270 e. The van der Waals surface area contributed by atoms with Gasteiger partial charge < -0.3 is 14.6 Å². The number of nitrogens with zero attached hydrogens (tertiary/aromatic N) is 2. The van der Waals surface area contributed by atoms with Gasteiger partial charge in [0.1, 0.15) is 11.4 Å². The van der Waals surface area contributed by atoms with Crippen molar-refractivity contribution in [3.63, 3.8) is 0 Å². The fraction of sp³-hybridized carbons (Fsp3) is 0.286. The summed E-state index contributed by atoms with van der Waals surface area (Å²) in [7, 11) is 3.29. The van der Waals surface area contributed by atoms with Crippen molar-refractivity contribution in [1.82, 2.24) is 9.88 Å². The highest BCUT2D eigenvalue weighted by Gasteiger charge is 2.14. The summed E-state index contributed by atoms with van der Waals surface area (Å²) in [6, 6.07) is 9.43. The van der Waals surface area contributed by atoms with Gasteiger partial charge in [-0.15, -0.1) is 0 Å². The number of carbonyl (C=O) groups is 1. The first kappa shape index (κ1) is 13.0. The molecular weight excluding hydrogens is 242 g/mol. The minimum Gasteiger partial charge on any atom is -0.497 e. The molecule has 19 heavy (non-hydrogen) atoms. The summed E-state index contributed by atoms with van der Waals surface area (Å²) in [5.74, 6) is 0.622. The van der Waals surface area contributed by atoms with E-state index in [0.717, 1.165) is 16.7 Å². The molecule has 0 atom stereocenters. The summed E-state index contributed by atoms with van der Waals surface area (Å²) in [4.78, 5) is 16.7. The van der Waals surface area contributed by atoms with Gasteiger partial charge in [-0.25, -0.2) is 0 Å². The largest absolute Gasteiger partial charge is 0.497 e. The van der Waals surface area contributed by atoms with Gasteiger partial charge in [-0.1, -0.05) is 0 Å². The molecule has 2 aromatic rings. The number of hydrogen-bond donors (Lipinski definition) is 1. The van der Waals surface area contributed by atoms with Crippen LogP contribution >= 0.6 is 0 Å². The first-order valence-electron chi connectivity index (χ1n) is 5.95. The SMILES string of the molecule is COc1ccc2cc(C(=O)N(C)CCC#N)[nH]c2c1. The third-order valence-electron chi connectivity index (χ3n) is 2.97. The second-order valence-electron chi connectivity index (χ2n) is 4.27. The second-order valence-corrected chi connectivity index (χ2v) is 4.27. The second kappa shape index (κ2) is 5.44. The number of H-pyrrole nitrogens is 1. The molecule has 1 heterocycles. The van der Waals surface area contributed by atoms with Gasteiger partial charge in [-0.3, -0.25) is 4.79 Å². The van der Waals surface area contributed by atoms with Gasteiger partial charge in [-0.05, 0) is 18.2 Å². The van der Waals surface area contributed by atoms with E-state index in [9.17, 15) is 4.79 Å². The highest BCUT2D eigenvalue weighted by molar-refractivity contribution is 5.98. The molecule has 0 radical (unpaired) electrons. The van der Waals surface area contributed by atoms with E-state index in [2.05, 4.69) is 4.98 Å². The van der Waals surface area contributed by atoms with Gasteiger partial charge in [0, 0.05) is 30.6 Å². The van der Waals surface area contributed by atoms with Crippen molar-refractivity contribution < 1.29 is 9.53 Å². The molecule has 1 aromatic carbocycles. The minimum absolute atomic E-state index is 0.120. The molecular formula is C14H15N3O2. The van der Waals surface area contributed by atoms with Crippen molar-refractivity contribution in [2.75, 3.05) is 20.7 Å². The lowest BCUT2D eigenvalue weighted by Crippen LogP contribution is -2.27. The zero-order valence-electron chi connectivity index (χ0n) is 10.9. The Morgan fingerprint density at radius 3 is 2.95 bits per heavy atom. The number of ether oxygens (including phenoxy) is 1. The standard InChI is InChI=1S/C14H15N3O2/c1-17(7-3-6-15)14(18)13-8-10-4-5-11(19-2)9-12(10)16-13/h4-5,8-9,16H,3,7H2,1-2H3. The predicted octanol–water partition coefficient (Wildman–Crippen LogP) is 2.16. The molecule has 5 heteroatoms. The summed E-state index contributed by atoms with van der Waals surface area (Å²) in [5.41, 5.74) is 1.38. The summed E-state index contributed by atoms with van der Waals surface area (Å²) in [5, 5.41) is 9.49. The monoisotopic (exact) mass is 257 g/mol. The molecule has 2 rings (SSSR count). The van der Waals surface area contributed by atoms with Crippen LogP contribution in [0.3, 0.4) is 0 Å². The summed E-state index contributed by atoms with van der Waals surface area (Å²) in [6.07, 6.45) is 0.330. The number of rotatable bonds is 4. The van der Waals surface area contributed by atoms with Gasteiger partial charge in [0.05, 0.1) is 19.6 Å². The molecule has 0 bridgehead atoms. The van der Waals surface area contributed by atoms with Crippen molar-refractivity contribution in [2.24, 2.45) is 0 Å². The van der Waals surface area contributed by atoms with Crippen molar-refractivity contribution in [2.45, 2.75) is 6.42 Å². The van der Waals surface area contributed by atoms with E-state index < -0.39 is 0 Å². The maximum absolute atomic E-state index is 12.1. The van der Waals surface area contributed by atoms with E-state index in [1.54, 1.807) is 20.2 Å². The Balaban J connectivity index is 2.25. The lowest BCUT2D eigenvalue weighted by Gasteiger charge is -2.13. The zero-order chi connectivity index (χ0) is 13.8. The van der Waals surface area contributed by atoms with E-state index in [4.69, 9.17) is 10.00 Å². The Morgan fingerprint density at radius 1 is 1.47 bits per heavy atom. The van der Waals surface area contributed by atoms with Crippen molar-refractivity contribution in [3.8, 4) is 11.8 Å². The normalized spacial score (nSPS) is 10.2. The maximum atomic E-state index is 12.1. The molecule has 0 unspecified atom stereocenters. The number of benzene rings is 1. The number of aromatic amines is 1. The number of amides is 1. The van der Waals surface area contributed by atoms with Crippen LogP contribution < -0.4 is 4.74 Å². The van der Waals surface area contributed by atoms with Crippen LogP contribution in [0.15, 0.2) is 24.3 Å². The summed E-state index contributed by atoms with van der Waals surface area (Å²) < 4.78 is 5.14. The fourth-order valence-corrected chi connectivity index (χ4v) is 1.87. The zero-order valence-corrected chi connectivity index (χ0v) is 10.9. The van der Waals surface area contributed by atoms with Crippen LogP contribution in [0.4, 0.5) is 0 Å². The Morgan fingerprint density at radius 2 is 2.26 bits per heavy atom. The predicted molar refractivity (Wildman–Crippen MR) is 72.0 cm³/mol. The summed E-state index contributed by atoms with van der Waals surface area (Å²) in [6.45, 7) is 0.425. The van der Waals surface area contributed by atoms with E-state index in [-0.39, 0.29) is 5.91 Å². The lowest BCUT2D eigenvalue weighted by atomic mass is 10.2. The van der Waals surface area contributed by atoms with Crippen LogP contribution in [0.25, 0.3) is 10.9 Å². The van der Waals surface area contributed by atoms with Crippen LogP contribution in [0.2, 0.25) is 0 Å². The molecule has 1 amide bonds. The number of nitriles is 1. The Bertz CT molecular complexity index is 640. The number of fused-ring (bicyclic) bond motifs is 1. The van der Waals surface area contributed by atoms with Gasteiger partial charge in [0.2, 0.25) is 0 Å². The Kier molecular flexibility index (Phi) is 3.71. The molecule has 0 spiro atoms. The minimum atomic E-state index is -0.120. The number of carbonyl (C=O) groups excluding carboxylic acids is 1. The molecule has 1 aromatic heterocycles. The third kappa shape index (κ3) is 2.68. The molecule has 0 aliphatic rings. The average molecular weight is 257 g/mol. The van der Waals surface area contributed by atoms with Gasteiger partial charge >= 0.3 is 0 Å². The van der Waals surface area contributed by atoms with Crippen molar-refractivity contribution in [1.29, 1.82) is 5.26 Å². The fourth-order valence-electron chi connectivity index (χ4n) is 1.87.